The third-order valence-corrected chi connectivity index (χ3v) is 3.22. The fourth-order valence-corrected chi connectivity index (χ4v) is 2.06. The molecule has 128 valence electrons. The van der Waals surface area contributed by atoms with Crippen molar-refractivity contribution in [3.8, 4) is 0 Å². The van der Waals surface area contributed by atoms with E-state index in [4.69, 9.17) is 4.74 Å². The Labute approximate surface area is 138 Å². The van der Waals surface area contributed by atoms with Crippen molar-refractivity contribution in [3.05, 3.63) is 30.1 Å². The van der Waals surface area contributed by atoms with Crippen molar-refractivity contribution in [1.29, 1.82) is 0 Å². The third-order valence-electron chi connectivity index (χ3n) is 3.22. The average molecular weight is 321 g/mol. The molecular formula is C17H27N3O3. The fraction of sp³-hybridized carbons (Fsp3) is 0.588. The van der Waals surface area contributed by atoms with Gasteiger partial charge < -0.3 is 15.0 Å². The Kier molecular flexibility index (Phi) is 7.00. The summed E-state index contributed by atoms with van der Waals surface area (Å²) in [7, 11) is 0. The van der Waals surface area contributed by atoms with Crippen LogP contribution in [0.25, 0.3) is 0 Å². The van der Waals surface area contributed by atoms with Crippen LogP contribution in [0.5, 0.6) is 0 Å². The van der Waals surface area contributed by atoms with E-state index >= 15 is 0 Å². The van der Waals surface area contributed by atoms with Crippen molar-refractivity contribution in [2.24, 2.45) is 0 Å². The summed E-state index contributed by atoms with van der Waals surface area (Å²) in [4.78, 5) is 29.9. The molecule has 0 saturated carbocycles. The molecule has 0 radical (unpaired) electrons. The number of pyridine rings is 1. The van der Waals surface area contributed by atoms with E-state index in [9.17, 15) is 9.59 Å². The van der Waals surface area contributed by atoms with Gasteiger partial charge in [0.15, 0.2) is 0 Å². The van der Waals surface area contributed by atoms with Gasteiger partial charge in [0.2, 0.25) is 5.91 Å². The first-order chi connectivity index (χ1) is 10.7. The Bertz CT molecular complexity index is 512. The van der Waals surface area contributed by atoms with E-state index in [1.165, 1.54) is 0 Å². The topological polar surface area (TPSA) is 71.5 Å². The van der Waals surface area contributed by atoms with E-state index in [2.05, 4.69) is 10.3 Å². The zero-order chi connectivity index (χ0) is 17.5. The zero-order valence-electron chi connectivity index (χ0n) is 14.6. The highest BCUT2D eigenvalue weighted by molar-refractivity contribution is 5.85. The SMILES string of the molecule is CCN(CCc1ccncc1)C(=O)C(C)NC(=O)OC(C)(C)C. The monoisotopic (exact) mass is 321 g/mol. The predicted molar refractivity (Wildman–Crippen MR) is 89.0 cm³/mol. The summed E-state index contributed by atoms with van der Waals surface area (Å²) in [6.45, 7) is 10.1. The quantitative estimate of drug-likeness (QED) is 0.873. The van der Waals surface area contributed by atoms with Crippen LogP contribution >= 0.6 is 0 Å². The van der Waals surface area contributed by atoms with Gasteiger partial charge in [0.1, 0.15) is 11.6 Å². The van der Waals surface area contributed by atoms with Crippen molar-refractivity contribution in [2.45, 2.75) is 52.7 Å². The number of amides is 2. The molecule has 1 rings (SSSR count). The van der Waals surface area contributed by atoms with Crippen LogP contribution in [-0.4, -0.2) is 46.6 Å². The van der Waals surface area contributed by atoms with Crippen LogP contribution in [0.1, 0.15) is 40.2 Å². The van der Waals surface area contributed by atoms with Gasteiger partial charge in [0, 0.05) is 25.5 Å². The molecule has 2 amide bonds. The molecule has 1 unspecified atom stereocenters. The molecule has 0 aliphatic heterocycles. The number of hydrogen-bond acceptors (Lipinski definition) is 4. The molecule has 6 heteroatoms. The number of carbonyl (C=O) groups is 2. The van der Waals surface area contributed by atoms with E-state index in [0.717, 1.165) is 12.0 Å². The molecule has 0 aliphatic rings. The van der Waals surface area contributed by atoms with Gasteiger partial charge in [-0.25, -0.2) is 4.79 Å². The molecule has 0 spiro atoms. The van der Waals surface area contributed by atoms with Crippen LogP contribution in [0, 0.1) is 0 Å². The van der Waals surface area contributed by atoms with Gasteiger partial charge >= 0.3 is 6.09 Å². The minimum atomic E-state index is -0.623. The molecule has 6 nitrogen and oxygen atoms in total. The van der Waals surface area contributed by atoms with Crippen LogP contribution in [0.3, 0.4) is 0 Å². The Morgan fingerprint density at radius 1 is 1.30 bits per heavy atom. The van der Waals surface area contributed by atoms with Crippen LogP contribution in [0.15, 0.2) is 24.5 Å². The molecule has 1 aromatic rings. The van der Waals surface area contributed by atoms with Crippen LogP contribution in [0.2, 0.25) is 0 Å². The summed E-state index contributed by atoms with van der Waals surface area (Å²) in [5, 5.41) is 2.59. The average Bonchev–Trinajstić information content (AvgIpc) is 2.46. The summed E-state index contributed by atoms with van der Waals surface area (Å²) in [5.74, 6) is -0.118. The molecular weight excluding hydrogens is 294 g/mol. The second-order valence-corrected chi connectivity index (χ2v) is 6.39. The second-order valence-electron chi connectivity index (χ2n) is 6.39. The Balaban J connectivity index is 2.53. The predicted octanol–water partition coefficient (Wildman–Crippen LogP) is 2.39. The number of aromatic nitrogens is 1. The number of rotatable bonds is 6. The van der Waals surface area contributed by atoms with E-state index < -0.39 is 17.7 Å². The molecule has 23 heavy (non-hydrogen) atoms. The number of carbonyl (C=O) groups excluding carboxylic acids is 2. The summed E-state index contributed by atoms with van der Waals surface area (Å²) < 4.78 is 5.17. The molecule has 1 atom stereocenters. The number of alkyl carbamates (subject to hydrolysis) is 1. The molecule has 0 saturated heterocycles. The Hall–Kier alpha value is -2.11. The van der Waals surface area contributed by atoms with Gasteiger partial charge in [0.25, 0.3) is 0 Å². The molecule has 1 N–H and O–H groups in total. The van der Waals surface area contributed by atoms with Crippen LogP contribution < -0.4 is 5.32 Å². The number of ether oxygens (including phenoxy) is 1. The molecule has 0 aliphatic carbocycles. The maximum atomic E-state index is 12.4. The van der Waals surface area contributed by atoms with Gasteiger partial charge in [-0.2, -0.15) is 0 Å². The summed E-state index contributed by atoms with van der Waals surface area (Å²) >= 11 is 0. The van der Waals surface area contributed by atoms with E-state index in [0.29, 0.717) is 13.1 Å². The van der Waals surface area contributed by atoms with Gasteiger partial charge in [-0.3, -0.25) is 9.78 Å². The van der Waals surface area contributed by atoms with E-state index in [-0.39, 0.29) is 5.91 Å². The lowest BCUT2D eigenvalue weighted by Crippen LogP contribution is -2.48. The number of hydrogen-bond donors (Lipinski definition) is 1. The fourth-order valence-electron chi connectivity index (χ4n) is 2.06. The first-order valence-corrected chi connectivity index (χ1v) is 7.90. The molecule has 0 aromatic carbocycles. The standard InChI is InChI=1S/C17H27N3O3/c1-6-20(12-9-14-7-10-18-11-8-14)15(21)13(2)19-16(22)23-17(3,4)5/h7-8,10-11,13H,6,9,12H2,1-5H3,(H,19,22). The van der Waals surface area contributed by atoms with E-state index in [1.807, 2.05) is 19.1 Å². The zero-order valence-corrected chi connectivity index (χ0v) is 14.6. The van der Waals surface area contributed by atoms with Crippen LogP contribution in [-0.2, 0) is 16.0 Å². The molecule has 0 bridgehead atoms. The number of nitrogens with zero attached hydrogens (tertiary/aromatic N) is 2. The summed E-state index contributed by atoms with van der Waals surface area (Å²) in [6, 6.07) is 3.24. The van der Waals surface area contributed by atoms with Gasteiger partial charge in [0.05, 0.1) is 0 Å². The minimum Gasteiger partial charge on any atom is -0.444 e. The molecule has 1 aromatic heterocycles. The highest BCUT2D eigenvalue weighted by Gasteiger charge is 2.23. The number of likely N-dealkylation sites (N-methyl/N-ethyl adjacent to an activating group) is 1. The summed E-state index contributed by atoms with van der Waals surface area (Å²) in [6.07, 6.45) is 3.64. The second kappa shape index (κ2) is 8.50. The Morgan fingerprint density at radius 3 is 2.43 bits per heavy atom. The first-order valence-electron chi connectivity index (χ1n) is 7.90. The van der Waals surface area contributed by atoms with Gasteiger partial charge in [-0.15, -0.1) is 0 Å². The molecule has 1 heterocycles. The van der Waals surface area contributed by atoms with Crippen molar-refractivity contribution < 1.29 is 14.3 Å². The number of nitrogens with one attached hydrogen (secondary N) is 1. The van der Waals surface area contributed by atoms with Crippen molar-refractivity contribution in [2.75, 3.05) is 13.1 Å². The van der Waals surface area contributed by atoms with Crippen molar-refractivity contribution >= 4 is 12.0 Å². The maximum absolute atomic E-state index is 12.4. The highest BCUT2D eigenvalue weighted by atomic mass is 16.6. The Morgan fingerprint density at radius 2 is 1.91 bits per heavy atom. The normalized spacial score (nSPS) is 12.4. The largest absolute Gasteiger partial charge is 0.444 e. The van der Waals surface area contributed by atoms with Gasteiger partial charge in [-0.05, 0) is 58.7 Å². The summed E-state index contributed by atoms with van der Waals surface area (Å²) in [5.41, 5.74) is 0.539. The highest BCUT2D eigenvalue weighted by Crippen LogP contribution is 2.07. The third kappa shape index (κ3) is 7.13. The minimum absolute atomic E-state index is 0.118. The lowest BCUT2D eigenvalue weighted by atomic mass is 10.2. The van der Waals surface area contributed by atoms with E-state index in [1.54, 1.807) is 45.0 Å². The lowest BCUT2D eigenvalue weighted by molar-refractivity contribution is -0.132. The van der Waals surface area contributed by atoms with Crippen molar-refractivity contribution in [3.63, 3.8) is 0 Å². The van der Waals surface area contributed by atoms with Crippen LogP contribution in [0.4, 0.5) is 4.79 Å². The van der Waals surface area contributed by atoms with Gasteiger partial charge in [-0.1, -0.05) is 0 Å². The smallest absolute Gasteiger partial charge is 0.408 e. The lowest BCUT2D eigenvalue weighted by Gasteiger charge is -2.26. The first kappa shape index (κ1) is 18.9. The maximum Gasteiger partial charge on any atom is 0.408 e. The molecule has 0 fully saturated rings. The van der Waals surface area contributed by atoms with Crippen molar-refractivity contribution in [1.82, 2.24) is 15.2 Å².